The fraction of sp³-hybridized carbons (Fsp3) is 0.867. The molecule has 5 nitrogen and oxygen atoms in total. The summed E-state index contributed by atoms with van der Waals surface area (Å²) in [5.74, 6) is 0.0888. The average Bonchev–Trinajstić information content (AvgIpc) is 3.21. The Bertz CT molecular complexity index is 291. The lowest BCUT2D eigenvalue weighted by atomic mass is 10.2. The molecule has 20 heavy (non-hydrogen) atoms. The zero-order valence-corrected chi connectivity index (χ0v) is 12.6. The molecule has 2 N–H and O–H groups in total. The number of carbonyl (C=O) groups excluding carboxylic acids is 2. The normalized spacial score (nSPS) is 14.1. The quantitative estimate of drug-likeness (QED) is 0.423. The summed E-state index contributed by atoms with van der Waals surface area (Å²) in [6, 6.07) is 0.467. The van der Waals surface area contributed by atoms with E-state index in [1.165, 1.54) is 0 Å². The molecule has 0 saturated heterocycles. The number of hydrogen-bond donors (Lipinski definition) is 2. The summed E-state index contributed by atoms with van der Waals surface area (Å²) >= 11 is 0. The molecule has 0 atom stereocenters. The van der Waals surface area contributed by atoms with Gasteiger partial charge in [-0.05, 0) is 52.1 Å². The van der Waals surface area contributed by atoms with Crippen molar-refractivity contribution in [3.63, 3.8) is 0 Å². The van der Waals surface area contributed by atoms with Crippen LogP contribution in [-0.4, -0.2) is 37.6 Å². The van der Waals surface area contributed by atoms with Gasteiger partial charge in [0, 0.05) is 18.9 Å². The van der Waals surface area contributed by atoms with Gasteiger partial charge in [0.25, 0.3) is 0 Å². The van der Waals surface area contributed by atoms with Crippen LogP contribution >= 0.6 is 0 Å². The van der Waals surface area contributed by atoms with Crippen molar-refractivity contribution in [1.82, 2.24) is 10.6 Å². The fourth-order valence-electron chi connectivity index (χ4n) is 1.96. The summed E-state index contributed by atoms with van der Waals surface area (Å²) in [4.78, 5) is 22.5. The third-order valence-corrected chi connectivity index (χ3v) is 3.24. The Labute approximate surface area is 121 Å². The number of carbonyl (C=O) groups is 2. The average molecular weight is 284 g/mol. The van der Waals surface area contributed by atoms with E-state index in [-0.39, 0.29) is 11.9 Å². The summed E-state index contributed by atoms with van der Waals surface area (Å²) in [5, 5.41) is 6.31. The molecule has 1 aliphatic carbocycles. The summed E-state index contributed by atoms with van der Waals surface area (Å²) in [7, 11) is 0. The van der Waals surface area contributed by atoms with Crippen LogP contribution in [0.25, 0.3) is 0 Å². The van der Waals surface area contributed by atoms with Gasteiger partial charge >= 0.3 is 5.97 Å². The minimum Gasteiger partial charge on any atom is -0.466 e. The number of esters is 1. The molecule has 0 heterocycles. The molecule has 1 aliphatic rings. The first-order valence-electron chi connectivity index (χ1n) is 7.88. The highest BCUT2D eigenvalue weighted by atomic mass is 16.5. The van der Waals surface area contributed by atoms with Gasteiger partial charge in [-0.15, -0.1) is 0 Å². The van der Waals surface area contributed by atoms with Crippen molar-refractivity contribution in [1.29, 1.82) is 0 Å². The first kappa shape index (κ1) is 17.0. The Hall–Kier alpha value is -1.10. The Morgan fingerprint density at radius 1 is 1.05 bits per heavy atom. The predicted octanol–water partition coefficient (Wildman–Crippen LogP) is 1.76. The lowest BCUT2D eigenvalue weighted by Gasteiger charge is -2.05. The molecule has 1 amide bonds. The van der Waals surface area contributed by atoms with Crippen molar-refractivity contribution < 1.29 is 14.3 Å². The number of unbranched alkanes of at least 4 members (excludes halogenated alkanes) is 2. The predicted molar refractivity (Wildman–Crippen MR) is 78.4 cm³/mol. The zero-order chi connectivity index (χ0) is 14.6. The molecular formula is C15H28N2O3. The van der Waals surface area contributed by atoms with Gasteiger partial charge in [-0.25, -0.2) is 0 Å². The Kier molecular flexibility index (Phi) is 9.04. The van der Waals surface area contributed by atoms with Crippen molar-refractivity contribution in [2.45, 2.75) is 64.3 Å². The summed E-state index contributed by atoms with van der Waals surface area (Å²) < 4.78 is 4.86. The molecule has 5 heteroatoms. The van der Waals surface area contributed by atoms with E-state index < -0.39 is 0 Å². The van der Waals surface area contributed by atoms with Crippen molar-refractivity contribution >= 4 is 11.9 Å². The molecule has 0 aliphatic heterocycles. The van der Waals surface area contributed by atoms with Crippen LogP contribution in [0.3, 0.4) is 0 Å². The van der Waals surface area contributed by atoms with Gasteiger partial charge in [-0.3, -0.25) is 9.59 Å². The van der Waals surface area contributed by atoms with Gasteiger partial charge in [0.15, 0.2) is 0 Å². The zero-order valence-electron chi connectivity index (χ0n) is 12.6. The number of nitrogens with one attached hydrogen (secondary N) is 2. The molecule has 1 rings (SSSR count). The first-order chi connectivity index (χ1) is 9.72. The largest absolute Gasteiger partial charge is 0.466 e. The molecule has 1 fully saturated rings. The number of hydrogen-bond acceptors (Lipinski definition) is 4. The van der Waals surface area contributed by atoms with E-state index in [0.29, 0.717) is 25.5 Å². The molecule has 0 aromatic carbocycles. The van der Waals surface area contributed by atoms with Crippen LogP contribution in [0, 0.1) is 0 Å². The van der Waals surface area contributed by atoms with E-state index in [2.05, 4.69) is 10.6 Å². The highest BCUT2D eigenvalue weighted by Gasteiger charge is 2.22. The van der Waals surface area contributed by atoms with Crippen LogP contribution < -0.4 is 10.6 Å². The molecule has 0 bridgehead atoms. The summed E-state index contributed by atoms with van der Waals surface area (Å²) in [6.07, 6.45) is 7.32. The number of amides is 1. The minimum atomic E-state index is -0.0952. The van der Waals surface area contributed by atoms with E-state index in [4.69, 9.17) is 4.74 Å². The highest BCUT2D eigenvalue weighted by Crippen LogP contribution is 2.18. The van der Waals surface area contributed by atoms with Gasteiger partial charge in [0.05, 0.1) is 6.61 Å². The smallest absolute Gasteiger partial charge is 0.305 e. The third-order valence-electron chi connectivity index (χ3n) is 3.24. The van der Waals surface area contributed by atoms with Gasteiger partial charge in [-0.2, -0.15) is 0 Å². The summed E-state index contributed by atoms with van der Waals surface area (Å²) in [6.45, 7) is 4.13. The standard InChI is InChI=1S/C15H28N2O3/c1-2-20-15(19)8-4-3-5-11-16-12-6-7-14(18)17-13-9-10-13/h13,16H,2-12H2,1H3,(H,17,18). The molecule has 116 valence electrons. The molecule has 0 aromatic heterocycles. The second kappa shape index (κ2) is 10.7. The topological polar surface area (TPSA) is 67.4 Å². The monoisotopic (exact) mass is 284 g/mol. The summed E-state index contributed by atoms with van der Waals surface area (Å²) in [5.41, 5.74) is 0. The maximum atomic E-state index is 11.4. The lowest BCUT2D eigenvalue weighted by Crippen LogP contribution is -2.26. The minimum absolute atomic E-state index is 0.0952. The maximum Gasteiger partial charge on any atom is 0.305 e. The van der Waals surface area contributed by atoms with Crippen LogP contribution in [0.2, 0.25) is 0 Å². The van der Waals surface area contributed by atoms with Crippen LogP contribution in [0.1, 0.15) is 58.3 Å². The number of rotatable bonds is 12. The van der Waals surface area contributed by atoms with Crippen LogP contribution in [0.15, 0.2) is 0 Å². The van der Waals surface area contributed by atoms with E-state index >= 15 is 0 Å². The Morgan fingerprint density at radius 3 is 2.50 bits per heavy atom. The van der Waals surface area contributed by atoms with Gasteiger partial charge in [-0.1, -0.05) is 6.42 Å². The van der Waals surface area contributed by atoms with Crippen LogP contribution in [-0.2, 0) is 14.3 Å². The van der Waals surface area contributed by atoms with Crippen molar-refractivity contribution in [3.8, 4) is 0 Å². The molecule has 0 unspecified atom stereocenters. The molecular weight excluding hydrogens is 256 g/mol. The molecule has 1 saturated carbocycles. The van der Waals surface area contributed by atoms with Gasteiger partial charge in [0.2, 0.25) is 5.91 Å². The Morgan fingerprint density at radius 2 is 1.80 bits per heavy atom. The van der Waals surface area contributed by atoms with Crippen molar-refractivity contribution in [2.24, 2.45) is 0 Å². The lowest BCUT2D eigenvalue weighted by molar-refractivity contribution is -0.143. The van der Waals surface area contributed by atoms with E-state index in [1.807, 2.05) is 6.92 Å². The van der Waals surface area contributed by atoms with E-state index in [0.717, 1.165) is 51.6 Å². The van der Waals surface area contributed by atoms with Crippen LogP contribution in [0.5, 0.6) is 0 Å². The number of ether oxygens (including phenoxy) is 1. The molecule has 0 radical (unpaired) electrons. The highest BCUT2D eigenvalue weighted by molar-refractivity contribution is 5.76. The van der Waals surface area contributed by atoms with Crippen LogP contribution in [0.4, 0.5) is 0 Å². The maximum absolute atomic E-state index is 11.4. The Balaban J connectivity index is 1.75. The van der Waals surface area contributed by atoms with E-state index in [1.54, 1.807) is 0 Å². The second-order valence-electron chi connectivity index (χ2n) is 5.31. The van der Waals surface area contributed by atoms with E-state index in [9.17, 15) is 9.59 Å². The van der Waals surface area contributed by atoms with Crippen molar-refractivity contribution in [2.75, 3.05) is 19.7 Å². The fourth-order valence-corrected chi connectivity index (χ4v) is 1.96. The molecule has 0 spiro atoms. The van der Waals surface area contributed by atoms with Crippen molar-refractivity contribution in [3.05, 3.63) is 0 Å². The van der Waals surface area contributed by atoms with Gasteiger partial charge < -0.3 is 15.4 Å². The van der Waals surface area contributed by atoms with Gasteiger partial charge in [0.1, 0.15) is 0 Å². The third kappa shape index (κ3) is 9.78. The SMILES string of the molecule is CCOC(=O)CCCCCNCCCC(=O)NC1CC1. The second-order valence-corrected chi connectivity index (χ2v) is 5.31. The first-order valence-corrected chi connectivity index (χ1v) is 7.88. The molecule has 0 aromatic rings.